The number of hydrogen-bond donors (Lipinski definition) is 1. The van der Waals surface area contributed by atoms with Gasteiger partial charge in [-0.2, -0.15) is 0 Å². The van der Waals surface area contributed by atoms with Crippen molar-refractivity contribution in [2.75, 3.05) is 29.9 Å². The molecule has 23 heavy (non-hydrogen) atoms. The van der Waals surface area contributed by atoms with Gasteiger partial charge in [-0.1, -0.05) is 18.2 Å². The smallest absolute Gasteiger partial charge is 0.139 e. The van der Waals surface area contributed by atoms with Gasteiger partial charge in [0.05, 0.1) is 5.52 Å². The van der Waals surface area contributed by atoms with Crippen molar-refractivity contribution in [3.63, 3.8) is 0 Å². The molecule has 1 N–H and O–H groups in total. The molecular formula is C18H19N5. The topological polar surface area (TPSA) is 53.9 Å². The van der Waals surface area contributed by atoms with Gasteiger partial charge in [-0.05, 0) is 36.6 Å². The molecule has 0 radical (unpaired) electrons. The molecule has 0 amide bonds. The van der Waals surface area contributed by atoms with Crippen LogP contribution in [0.5, 0.6) is 0 Å². The third-order valence-electron chi connectivity index (χ3n) is 4.34. The number of hydrogen-bond acceptors (Lipinski definition) is 5. The summed E-state index contributed by atoms with van der Waals surface area (Å²) in [6.07, 6.45) is 4.64. The number of benzene rings is 1. The van der Waals surface area contributed by atoms with E-state index in [0.29, 0.717) is 5.92 Å². The average Bonchev–Trinajstić information content (AvgIpc) is 3.09. The Hall–Kier alpha value is -2.69. The lowest BCUT2D eigenvalue weighted by atomic mass is 10.1. The van der Waals surface area contributed by atoms with Crippen LogP contribution in [0.1, 0.15) is 6.42 Å². The van der Waals surface area contributed by atoms with Crippen LogP contribution >= 0.6 is 0 Å². The van der Waals surface area contributed by atoms with E-state index in [0.717, 1.165) is 48.6 Å². The van der Waals surface area contributed by atoms with Gasteiger partial charge in [-0.3, -0.25) is 0 Å². The van der Waals surface area contributed by atoms with E-state index in [9.17, 15) is 0 Å². The summed E-state index contributed by atoms with van der Waals surface area (Å²) in [5.41, 5.74) is 1.01. The van der Waals surface area contributed by atoms with Gasteiger partial charge < -0.3 is 10.2 Å². The molecule has 1 aromatic carbocycles. The normalized spacial score (nSPS) is 17.6. The second kappa shape index (κ2) is 6.20. The van der Waals surface area contributed by atoms with Crippen LogP contribution in [-0.4, -0.2) is 34.6 Å². The lowest BCUT2D eigenvalue weighted by molar-refractivity contribution is 0.621. The van der Waals surface area contributed by atoms with E-state index < -0.39 is 0 Å². The molecule has 0 aliphatic carbocycles. The van der Waals surface area contributed by atoms with Crippen molar-refractivity contribution < 1.29 is 0 Å². The number of aromatic nitrogens is 3. The minimum Gasteiger partial charge on any atom is -0.370 e. The molecule has 1 unspecified atom stereocenters. The van der Waals surface area contributed by atoms with Crippen molar-refractivity contribution in [2.45, 2.75) is 6.42 Å². The van der Waals surface area contributed by atoms with Crippen LogP contribution in [0.4, 0.5) is 11.6 Å². The second-order valence-corrected chi connectivity index (χ2v) is 5.91. The molecule has 3 heterocycles. The quantitative estimate of drug-likeness (QED) is 0.803. The fourth-order valence-corrected chi connectivity index (χ4v) is 3.15. The van der Waals surface area contributed by atoms with Crippen molar-refractivity contribution in [3.8, 4) is 0 Å². The standard InChI is InChI=1S/C18H19N5/c1-2-6-16-15(5-1)18(22-13-21-16)23-10-8-14(12-23)11-20-17-7-3-4-9-19-17/h1-7,9,13-14H,8,10-12H2,(H,19,20). The van der Waals surface area contributed by atoms with Gasteiger partial charge in [0.2, 0.25) is 0 Å². The molecule has 2 aromatic heterocycles. The third-order valence-corrected chi connectivity index (χ3v) is 4.34. The minimum atomic E-state index is 0.603. The van der Waals surface area contributed by atoms with E-state index >= 15 is 0 Å². The molecule has 1 atom stereocenters. The van der Waals surface area contributed by atoms with Crippen molar-refractivity contribution in [3.05, 3.63) is 55.0 Å². The molecule has 5 nitrogen and oxygen atoms in total. The summed E-state index contributed by atoms with van der Waals surface area (Å²) in [5, 5.41) is 4.56. The van der Waals surface area contributed by atoms with Gasteiger partial charge >= 0.3 is 0 Å². The highest BCUT2D eigenvalue weighted by Crippen LogP contribution is 2.27. The van der Waals surface area contributed by atoms with E-state index in [1.807, 2.05) is 42.6 Å². The fourth-order valence-electron chi connectivity index (χ4n) is 3.15. The van der Waals surface area contributed by atoms with Crippen molar-refractivity contribution in [1.29, 1.82) is 0 Å². The minimum absolute atomic E-state index is 0.603. The second-order valence-electron chi connectivity index (χ2n) is 5.91. The molecule has 1 fully saturated rings. The van der Waals surface area contributed by atoms with Crippen LogP contribution in [0.2, 0.25) is 0 Å². The van der Waals surface area contributed by atoms with Crippen LogP contribution < -0.4 is 10.2 Å². The Morgan fingerprint density at radius 2 is 1.96 bits per heavy atom. The zero-order valence-corrected chi connectivity index (χ0v) is 12.9. The number of fused-ring (bicyclic) bond motifs is 1. The summed E-state index contributed by atoms with van der Waals surface area (Å²) in [7, 11) is 0. The zero-order valence-electron chi connectivity index (χ0n) is 12.9. The molecule has 5 heteroatoms. The Balaban J connectivity index is 1.45. The van der Waals surface area contributed by atoms with Gasteiger partial charge in [-0.25, -0.2) is 15.0 Å². The fraction of sp³-hybridized carbons (Fsp3) is 0.278. The first kappa shape index (κ1) is 13.9. The first-order valence-corrected chi connectivity index (χ1v) is 8.00. The zero-order chi connectivity index (χ0) is 15.5. The maximum absolute atomic E-state index is 4.52. The van der Waals surface area contributed by atoms with Crippen LogP contribution in [0.3, 0.4) is 0 Å². The Morgan fingerprint density at radius 1 is 1.04 bits per heavy atom. The summed E-state index contributed by atoms with van der Waals surface area (Å²) in [4.78, 5) is 15.6. The lowest BCUT2D eigenvalue weighted by Crippen LogP contribution is -2.23. The highest BCUT2D eigenvalue weighted by atomic mass is 15.2. The first-order valence-electron chi connectivity index (χ1n) is 8.00. The van der Waals surface area contributed by atoms with Crippen molar-refractivity contribution in [2.24, 2.45) is 5.92 Å². The lowest BCUT2D eigenvalue weighted by Gasteiger charge is -2.19. The largest absolute Gasteiger partial charge is 0.370 e. The van der Waals surface area contributed by atoms with Gasteiger partial charge in [0.1, 0.15) is 18.0 Å². The van der Waals surface area contributed by atoms with Crippen molar-refractivity contribution in [1.82, 2.24) is 15.0 Å². The Kier molecular flexibility index (Phi) is 3.76. The van der Waals surface area contributed by atoms with E-state index in [4.69, 9.17) is 0 Å². The van der Waals surface area contributed by atoms with E-state index in [2.05, 4.69) is 31.2 Å². The summed E-state index contributed by atoms with van der Waals surface area (Å²) in [6, 6.07) is 14.1. The Bertz CT molecular complexity index is 784. The molecule has 3 aromatic rings. The van der Waals surface area contributed by atoms with Gasteiger partial charge in [0.25, 0.3) is 0 Å². The molecule has 1 aliphatic heterocycles. The van der Waals surface area contributed by atoms with Gasteiger partial charge in [0, 0.05) is 31.2 Å². The molecule has 1 aliphatic rings. The summed E-state index contributed by atoms with van der Waals surface area (Å²) in [6.45, 7) is 2.99. The van der Waals surface area contributed by atoms with Crippen LogP contribution in [0.15, 0.2) is 55.0 Å². The maximum Gasteiger partial charge on any atom is 0.139 e. The highest BCUT2D eigenvalue weighted by Gasteiger charge is 2.24. The number of anilines is 2. The SMILES string of the molecule is c1ccc(NCC2CCN(c3ncnc4ccccc34)C2)nc1. The third kappa shape index (κ3) is 2.95. The molecule has 4 rings (SSSR count). The van der Waals surface area contributed by atoms with E-state index in [-0.39, 0.29) is 0 Å². The van der Waals surface area contributed by atoms with Gasteiger partial charge in [0.15, 0.2) is 0 Å². The maximum atomic E-state index is 4.52. The Labute approximate surface area is 135 Å². The summed E-state index contributed by atoms with van der Waals surface area (Å²) in [5.74, 6) is 2.60. The highest BCUT2D eigenvalue weighted by molar-refractivity contribution is 5.89. The van der Waals surface area contributed by atoms with Crippen LogP contribution in [0, 0.1) is 5.92 Å². The predicted octanol–water partition coefficient (Wildman–Crippen LogP) is 2.96. The predicted molar refractivity (Wildman–Crippen MR) is 92.6 cm³/mol. The molecule has 0 spiro atoms. The number of rotatable bonds is 4. The number of nitrogens with zero attached hydrogens (tertiary/aromatic N) is 4. The monoisotopic (exact) mass is 305 g/mol. The van der Waals surface area contributed by atoms with Crippen LogP contribution in [-0.2, 0) is 0 Å². The number of para-hydroxylation sites is 1. The summed E-state index contributed by atoms with van der Waals surface area (Å²) >= 11 is 0. The number of nitrogens with one attached hydrogen (secondary N) is 1. The Morgan fingerprint density at radius 3 is 2.87 bits per heavy atom. The number of pyridine rings is 1. The van der Waals surface area contributed by atoms with Crippen LogP contribution in [0.25, 0.3) is 10.9 Å². The molecule has 0 bridgehead atoms. The summed E-state index contributed by atoms with van der Waals surface area (Å²) < 4.78 is 0. The van der Waals surface area contributed by atoms with Gasteiger partial charge in [-0.15, -0.1) is 0 Å². The van der Waals surface area contributed by atoms with Crippen molar-refractivity contribution >= 4 is 22.5 Å². The molecule has 116 valence electrons. The molecule has 1 saturated heterocycles. The molecular weight excluding hydrogens is 286 g/mol. The average molecular weight is 305 g/mol. The molecule has 0 saturated carbocycles. The first-order chi connectivity index (χ1) is 11.4. The van der Waals surface area contributed by atoms with E-state index in [1.165, 1.54) is 0 Å². The van der Waals surface area contributed by atoms with E-state index in [1.54, 1.807) is 6.33 Å².